The fraction of sp³-hybridized carbons (Fsp3) is 0.364. The van der Waals surface area contributed by atoms with Crippen molar-refractivity contribution in [1.29, 1.82) is 0 Å². The normalized spacial score (nSPS) is 16.6. The SMILES string of the molecule is CC(=O)Nc1cc(C(=O)Nc2ccc3c(c2)OC2(CCCCC2)O3)ccc1C. The van der Waals surface area contributed by atoms with Gasteiger partial charge < -0.3 is 20.1 Å². The molecule has 0 radical (unpaired) electrons. The van der Waals surface area contributed by atoms with Crippen molar-refractivity contribution in [3.05, 3.63) is 47.5 Å². The monoisotopic (exact) mass is 380 g/mol. The minimum atomic E-state index is -0.534. The number of amides is 2. The molecule has 0 aromatic heterocycles. The predicted molar refractivity (Wildman–Crippen MR) is 107 cm³/mol. The van der Waals surface area contributed by atoms with Gasteiger partial charge in [-0.1, -0.05) is 12.5 Å². The molecule has 2 amide bonds. The molecule has 1 heterocycles. The first-order valence-corrected chi connectivity index (χ1v) is 9.66. The zero-order valence-electron chi connectivity index (χ0n) is 16.1. The van der Waals surface area contributed by atoms with Crippen LogP contribution in [0.1, 0.15) is 54.9 Å². The van der Waals surface area contributed by atoms with Crippen LogP contribution < -0.4 is 20.1 Å². The molecule has 1 spiro atoms. The molecule has 4 rings (SSSR count). The van der Waals surface area contributed by atoms with Gasteiger partial charge in [-0.2, -0.15) is 0 Å². The molecule has 1 fully saturated rings. The van der Waals surface area contributed by atoms with Crippen LogP contribution in [0.5, 0.6) is 11.5 Å². The van der Waals surface area contributed by atoms with E-state index in [9.17, 15) is 9.59 Å². The molecule has 1 aliphatic heterocycles. The minimum Gasteiger partial charge on any atom is -0.448 e. The van der Waals surface area contributed by atoms with E-state index in [1.54, 1.807) is 18.2 Å². The van der Waals surface area contributed by atoms with Crippen LogP contribution in [0.15, 0.2) is 36.4 Å². The third-order valence-electron chi connectivity index (χ3n) is 5.22. The molecule has 6 nitrogen and oxygen atoms in total. The number of benzene rings is 2. The first-order valence-electron chi connectivity index (χ1n) is 9.66. The van der Waals surface area contributed by atoms with Crippen molar-refractivity contribution in [1.82, 2.24) is 0 Å². The van der Waals surface area contributed by atoms with Crippen molar-refractivity contribution in [3.63, 3.8) is 0 Å². The number of hydrogen-bond acceptors (Lipinski definition) is 4. The zero-order chi connectivity index (χ0) is 19.7. The maximum Gasteiger partial charge on any atom is 0.255 e. The summed E-state index contributed by atoms with van der Waals surface area (Å²) in [4.78, 5) is 24.0. The Morgan fingerprint density at radius 2 is 1.68 bits per heavy atom. The van der Waals surface area contributed by atoms with Gasteiger partial charge in [0.1, 0.15) is 0 Å². The number of carbonyl (C=O) groups excluding carboxylic acids is 2. The summed E-state index contributed by atoms with van der Waals surface area (Å²) in [7, 11) is 0. The average molecular weight is 380 g/mol. The highest BCUT2D eigenvalue weighted by atomic mass is 16.7. The topological polar surface area (TPSA) is 76.7 Å². The van der Waals surface area contributed by atoms with E-state index in [1.165, 1.54) is 13.3 Å². The lowest BCUT2D eigenvalue weighted by Gasteiger charge is -2.31. The van der Waals surface area contributed by atoms with Gasteiger partial charge in [0, 0.05) is 42.8 Å². The molecule has 0 saturated heterocycles. The highest BCUT2D eigenvalue weighted by Crippen LogP contribution is 2.46. The third kappa shape index (κ3) is 3.67. The molecule has 0 unspecified atom stereocenters. The highest BCUT2D eigenvalue weighted by Gasteiger charge is 2.42. The Kier molecular flexibility index (Phi) is 4.71. The molecule has 2 aliphatic rings. The first-order chi connectivity index (χ1) is 13.4. The highest BCUT2D eigenvalue weighted by molar-refractivity contribution is 6.05. The molecule has 146 valence electrons. The molecule has 1 saturated carbocycles. The first kappa shape index (κ1) is 18.3. The molecule has 2 aromatic rings. The van der Waals surface area contributed by atoms with E-state index in [4.69, 9.17) is 9.47 Å². The Hall–Kier alpha value is -3.02. The smallest absolute Gasteiger partial charge is 0.255 e. The van der Waals surface area contributed by atoms with E-state index in [0.29, 0.717) is 22.7 Å². The van der Waals surface area contributed by atoms with Crippen LogP contribution in [0, 0.1) is 6.92 Å². The molecule has 2 N–H and O–H groups in total. The summed E-state index contributed by atoms with van der Waals surface area (Å²) in [6.45, 7) is 3.32. The lowest BCUT2D eigenvalue weighted by Crippen LogP contribution is -2.40. The third-order valence-corrected chi connectivity index (χ3v) is 5.22. The van der Waals surface area contributed by atoms with Gasteiger partial charge in [-0.3, -0.25) is 9.59 Å². The summed E-state index contributed by atoms with van der Waals surface area (Å²) in [5, 5.41) is 5.64. The largest absolute Gasteiger partial charge is 0.448 e. The molecule has 28 heavy (non-hydrogen) atoms. The van der Waals surface area contributed by atoms with E-state index in [1.807, 2.05) is 25.1 Å². The van der Waals surface area contributed by atoms with Crippen LogP contribution in [0.4, 0.5) is 11.4 Å². The van der Waals surface area contributed by atoms with Crippen molar-refractivity contribution in [3.8, 4) is 11.5 Å². The van der Waals surface area contributed by atoms with Crippen LogP contribution >= 0.6 is 0 Å². The zero-order valence-corrected chi connectivity index (χ0v) is 16.1. The lowest BCUT2D eigenvalue weighted by molar-refractivity contribution is -0.114. The fourth-order valence-corrected chi connectivity index (χ4v) is 3.76. The average Bonchev–Trinajstić information content (AvgIpc) is 3.00. The predicted octanol–water partition coefficient (Wildman–Crippen LogP) is 4.64. The Balaban J connectivity index is 1.49. The van der Waals surface area contributed by atoms with Gasteiger partial charge in [-0.25, -0.2) is 0 Å². The number of rotatable bonds is 3. The van der Waals surface area contributed by atoms with Crippen LogP contribution in [0.2, 0.25) is 0 Å². The fourth-order valence-electron chi connectivity index (χ4n) is 3.76. The van der Waals surface area contributed by atoms with Crippen molar-refractivity contribution in [2.45, 2.75) is 51.7 Å². The van der Waals surface area contributed by atoms with Crippen LogP contribution in [0.3, 0.4) is 0 Å². The van der Waals surface area contributed by atoms with Crippen molar-refractivity contribution >= 4 is 23.2 Å². The van der Waals surface area contributed by atoms with Crippen LogP contribution in [-0.2, 0) is 4.79 Å². The number of hydrogen-bond donors (Lipinski definition) is 2. The van der Waals surface area contributed by atoms with E-state index < -0.39 is 5.79 Å². The number of anilines is 2. The Morgan fingerprint density at radius 1 is 0.929 bits per heavy atom. The summed E-state index contributed by atoms with van der Waals surface area (Å²) in [6.07, 6.45) is 5.18. The van der Waals surface area contributed by atoms with Crippen LogP contribution in [0.25, 0.3) is 0 Å². The number of fused-ring (bicyclic) bond motifs is 1. The van der Waals surface area contributed by atoms with Crippen molar-refractivity contribution in [2.75, 3.05) is 10.6 Å². The molecule has 1 aliphatic carbocycles. The Labute approximate surface area is 164 Å². The summed E-state index contributed by atoms with van der Waals surface area (Å²) in [5.41, 5.74) is 2.63. The van der Waals surface area contributed by atoms with Crippen LogP contribution in [-0.4, -0.2) is 17.6 Å². The Morgan fingerprint density at radius 3 is 2.43 bits per heavy atom. The summed E-state index contributed by atoms with van der Waals surface area (Å²) >= 11 is 0. The van der Waals surface area contributed by atoms with Gasteiger partial charge in [0.05, 0.1) is 0 Å². The van der Waals surface area contributed by atoms with Gasteiger partial charge in [-0.05, 0) is 49.6 Å². The van der Waals surface area contributed by atoms with Gasteiger partial charge in [-0.15, -0.1) is 0 Å². The molecule has 6 heteroatoms. The number of ether oxygens (including phenoxy) is 2. The second-order valence-corrected chi connectivity index (χ2v) is 7.50. The molecule has 0 bridgehead atoms. The van der Waals surface area contributed by atoms with Gasteiger partial charge in [0.15, 0.2) is 11.5 Å². The molecular formula is C22H24N2O4. The van der Waals surface area contributed by atoms with Gasteiger partial charge in [0.2, 0.25) is 5.91 Å². The quantitative estimate of drug-likeness (QED) is 0.813. The number of carbonyl (C=O) groups is 2. The maximum atomic E-state index is 12.7. The minimum absolute atomic E-state index is 0.173. The lowest BCUT2D eigenvalue weighted by atomic mass is 9.94. The van der Waals surface area contributed by atoms with E-state index in [-0.39, 0.29) is 11.8 Å². The molecule has 2 aromatic carbocycles. The van der Waals surface area contributed by atoms with Gasteiger partial charge >= 0.3 is 0 Å². The molecular weight excluding hydrogens is 356 g/mol. The van der Waals surface area contributed by atoms with Gasteiger partial charge in [0.25, 0.3) is 11.7 Å². The standard InChI is InChI=1S/C22H24N2O4/c1-14-6-7-16(12-18(14)23-15(2)25)21(26)24-17-8-9-19-20(13-17)28-22(27-19)10-4-3-5-11-22/h6-9,12-13H,3-5,10-11H2,1-2H3,(H,23,25)(H,24,26). The van der Waals surface area contributed by atoms with Crippen molar-refractivity contribution in [2.24, 2.45) is 0 Å². The maximum absolute atomic E-state index is 12.7. The Bertz CT molecular complexity index is 932. The number of nitrogens with one attached hydrogen (secondary N) is 2. The summed E-state index contributed by atoms with van der Waals surface area (Å²) < 4.78 is 12.2. The molecule has 0 atom stereocenters. The number of aryl methyl sites for hydroxylation is 1. The van der Waals surface area contributed by atoms with E-state index >= 15 is 0 Å². The van der Waals surface area contributed by atoms with E-state index in [2.05, 4.69) is 10.6 Å². The van der Waals surface area contributed by atoms with Crippen molar-refractivity contribution < 1.29 is 19.1 Å². The second-order valence-electron chi connectivity index (χ2n) is 7.50. The summed E-state index contributed by atoms with van der Waals surface area (Å²) in [5.74, 6) is 0.435. The second kappa shape index (κ2) is 7.19. The van der Waals surface area contributed by atoms with E-state index in [0.717, 1.165) is 37.0 Å². The summed E-state index contributed by atoms with van der Waals surface area (Å²) in [6, 6.07) is 10.7.